The van der Waals surface area contributed by atoms with Gasteiger partial charge in [-0.2, -0.15) is 0 Å². The summed E-state index contributed by atoms with van der Waals surface area (Å²) in [7, 11) is 2.12. The van der Waals surface area contributed by atoms with E-state index in [0.717, 1.165) is 5.56 Å². The first kappa shape index (κ1) is 33.7. The van der Waals surface area contributed by atoms with E-state index in [9.17, 15) is 18.0 Å². The molecule has 0 aromatic heterocycles. The maximum absolute atomic E-state index is 15.4. The van der Waals surface area contributed by atoms with Gasteiger partial charge in [-0.15, -0.1) is 0 Å². The zero-order chi connectivity index (χ0) is 34.1. The number of rotatable bonds is 11. The first-order valence-corrected chi connectivity index (χ1v) is 16.8. The Morgan fingerprint density at radius 2 is 1.72 bits per heavy atom. The van der Waals surface area contributed by atoms with Gasteiger partial charge in [-0.3, -0.25) is 14.9 Å². The molecule has 1 fully saturated rings. The number of ether oxygens (including phenoxy) is 3. The summed E-state index contributed by atoms with van der Waals surface area (Å²) >= 11 is 0. The number of nitrogens with one attached hydrogen (secondary N) is 3. The minimum absolute atomic E-state index is 0.00594. The standard InChI is InChI=1S/C34H40N4O8S/c1-20(2)47(42,43)29-13-10-23(37-33(41)46-6)17-26(29)34(14-7-15-36-34)31(39)30(21-9-12-27(44-4)28(16-21)45-5)38(3)24-11-8-22-19-35-32(40)25(22)18-24/h8-13,16-18,20,30,36H,7,14-15,19H2,1-6H3,(H,35,40)(H,37,41)/t30-,34-/m1/s1. The van der Waals surface area contributed by atoms with Gasteiger partial charge in [0, 0.05) is 36.1 Å². The minimum atomic E-state index is -3.89. The van der Waals surface area contributed by atoms with Gasteiger partial charge in [-0.05, 0) is 86.8 Å². The van der Waals surface area contributed by atoms with Crippen molar-refractivity contribution in [3.63, 3.8) is 0 Å². The summed E-state index contributed by atoms with van der Waals surface area (Å²) in [5.74, 6) is 0.354. The molecule has 47 heavy (non-hydrogen) atoms. The topological polar surface area (TPSA) is 152 Å². The third-order valence-corrected chi connectivity index (χ3v) is 11.1. The Kier molecular flexibility index (Phi) is 9.51. The molecular formula is C34H40N4O8S. The highest BCUT2D eigenvalue weighted by atomic mass is 32.2. The summed E-state index contributed by atoms with van der Waals surface area (Å²) in [4.78, 5) is 42.0. The fraction of sp³-hybridized carbons (Fsp3) is 0.382. The SMILES string of the molecule is COC(=O)Nc1ccc(S(=O)(=O)C(C)C)c([C@@]2(C(=O)[C@@H](c3ccc(OC)c(OC)c3)N(C)c3ccc4c(c3)C(=O)NC4)CCCN2)c1. The van der Waals surface area contributed by atoms with Crippen molar-refractivity contribution in [1.29, 1.82) is 0 Å². The third kappa shape index (κ3) is 6.12. The lowest BCUT2D eigenvalue weighted by atomic mass is 9.78. The van der Waals surface area contributed by atoms with E-state index in [1.807, 2.05) is 12.1 Å². The van der Waals surface area contributed by atoms with Gasteiger partial charge in [-0.25, -0.2) is 13.2 Å². The normalized spacial score (nSPS) is 17.9. The van der Waals surface area contributed by atoms with Crippen LogP contribution in [0.3, 0.4) is 0 Å². The van der Waals surface area contributed by atoms with E-state index < -0.39 is 32.8 Å². The van der Waals surface area contributed by atoms with Crippen LogP contribution < -0.4 is 30.3 Å². The minimum Gasteiger partial charge on any atom is -0.493 e. The molecule has 2 heterocycles. The quantitative estimate of drug-likeness (QED) is 0.270. The summed E-state index contributed by atoms with van der Waals surface area (Å²) < 4.78 is 43.5. The molecule has 250 valence electrons. The molecule has 5 rings (SSSR count). The number of amides is 2. The second kappa shape index (κ2) is 13.2. The van der Waals surface area contributed by atoms with Crippen molar-refractivity contribution < 1.29 is 37.0 Å². The molecule has 1 saturated heterocycles. The van der Waals surface area contributed by atoms with E-state index in [4.69, 9.17) is 14.2 Å². The van der Waals surface area contributed by atoms with Crippen molar-refractivity contribution in [2.75, 3.05) is 45.1 Å². The lowest BCUT2D eigenvalue weighted by Crippen LogP contribution is -2.51. The molecule has 12 nitrogen and oxygen atoms in total. The van der Waals surface area contributed by atoms with E-state index in [1.165, 1.54) is 39.5 Å². The maximum atomic E-state index is 15.4. The molecule has 2 aliphatic heterocycles. The van der Waals surface area contributed by atoms with Gasteiger partial charge < -0.3 is 29.7 Å². The van der Waals surface area contributed by atoms with Crippen LogP contribution in [0, 0.1) is 0 Å². The number of ketones is 1. The van der Waals surface area contributed by atoms with Crippen LogP contribution in [0.5, 0.6) is 11.5 Å². The van der Waals surface area contributed by atoms with Crippen molar-refractivity contribution in [3.05, 3.63) is 76.9 Å². The van der Waals surface area contributed by atoms with Gasteiger partial charge in [0.05, 0.1) is 31.5 Å². The number of benzene rings is 3. The number of carbonyl (C=O) groups is 3. The summed E-state index contributed by atoms with van der Waals surface area (Å²) in [6.07, 6.45) is 0.139. The Morgan fingerprint density at radius 3 is 2.36 bits per heavy atom. The fourth-order valence-corrected chi connectivity index (χ4v) is 7.61. The van der Waals surface area contributed by atoms with Crippen molar-refractivity contribution in [1.82, 2.24) is 10.6 Å². The van der Waals surface area contributed by atoms with Gasteiger partial charge >= 0.3 is 6.09 Å². The predicted molar refractivity (Wildman–Crippen MR) is 177 cm³/mol. The number of methoxy groups -OCH3 is 3. The average molecular weight is 665 g/mol. The molecule has 0 aliphatic carbocycles. The number of fused-ring (bicyclic) bond motifs is 1. The Balaban J connectivity index is 1.74. The van der Waals surface area contributed by atoms with Crippen LogP contribution in [-0.4, -0.2) is 66.4 Å². The second-order valence-electron chi connectivity index (χ2n) is 11.9. The number of carbonyl (C=O) groups excluding carboxylic acids is 3. The van der Waals surface area contributed by atoms with E-state index >= 15 is 4.79 Å². The van der Waals surface area contributed by atoms with Crippen LogP contribution in [0.1, 0.15) is 59.8 Å². The van der Waals surface area contributed by atoms with Crippen molar-refractivity contribution in [2.24, 2.45) is 0 Å². The molecule has 13 heteroatoms. The molecule has 2 atom stereocenters. The molecule has 0 saturated carbocycles. The highest BCUT2D eigenvalue weighted by Gasteiger charge is 2.50. The molecule has 3 aromatic carbocycles. The first-order chi connectivity index (χ1) is 22.4. The number of likely N-dealkylation sites (N-methyl/N-ethyl adjacent to an activating group) is 1. The lowest BCUT2D eigenvalue weighted by molar-refractivity contribution is -0.126. The molecule has 3 N–H and O–H groups in total. The van der Waals surface area contributed by atoms with Crippen LogP contribution >= 0.6 is 0 Å². The Morgan fingerprint density at radius 1 is 0.979 bits per heavy atom. The summed E-state index contributed by atoms with van der Waals surface area (Å²) in [5, 5.41) is 8.04. The first-order valence-electron chi connectivity index (χ1n) is 15.3. The molecule has 2 aliphatic rings. The monoisotopic (exact) mass is 664 g/mol. The van der Waals surface area contributed by atoms with Gasteiger partial charge in [0.15, 0.2) is 27.1 Å². The zero-order valence-corrected chi connectivity index (χ0v) is 28.1. The molecule has 0 bridgehead atoms. The van der Waals surface area contributed by atoms with Gasteiger partial charge in [0.2, 0.25) is 0 Å². The van der Waals surface area contributed by atoms with Crippen molar-refractivity contribution >= 4 is 39.0 Å². The van der Waals surface area contributed by atoms with Gasteiger partial charge in [0.25, 0.3) is 5.91 Å². The van der Waals surface area contributed by atoms with E-state index in [-0.39, 0.29) is 27.8 Å². The van der Waals surface area contributed by atoms with E-state index in [0.29, 0.717) is 54.2 Å². The molecular weight excluding hydrogens is 624 g/mol. The summed E-state index contributed by atoms with van der Waals surface area (Å²) in [6.45, 7) is 4.04. The van der Waals surface area contributed by atoms with Crippen LogP contribution in [0.15, 0.2) is 59.5 Å². The number of Topliss-reactive ketones (excluding diaryl/α,β-unsaturated/α-hetero) is 1. The van der Waals surface area contributed by atoms with Crippen LogP contribution in [0.2, 0.25) is 0 Å². The Hall–Kier alpha value is -4.62. The molecule has 0 spiro atoms. The van der Waals surface area contributed by atoms with Crippen molar-refractivity contribution in [2.45, 2.75) is 55.0 Å². The second-order valence-corrected chi connectivity index (χ2v) is 14.3. The fourth-order valence-electron chi connectivity index (χ4n) is 6.31. The smallest absolute Gasteiger partial charge is 0.411 e. The number of hydrogen-bond donors (Lipinski definition) is 3. The van der Waals surface area contributed by atoms with Crippen molar-refractivity contribution in [3.8, 4) is 11.5 Å². The number of sulfone groups is 1. The van der Waals surface area contributed by atoms with Gasteiger partial charge in [-0.1, -0.05) is 12.1 Å². The molecule has 3 aromatic rings. The van der Waals surface area contributed by atoms with E-state index in [2.05, 4.69) is 16.0 Å². The highest BCUT2D eigenvalue weighted by molar-refractivity contribution is 7.92. The molecule has 2 amide bonds. The molecule has 0 radical (unpaired) electrons. The van der Waals surface area contributed by atoms with Crippen LogP contribution in [0.4, 0.5) is 16.2 Å². The summed E-state index contributed by atoms with van der Waals surface area (Å²) in [6, 6.07) is 14.1. The highest BCUT2D eigenvalue weighted by Crippen LogP contribution is 2.44. The lowest BCUT2D eigenvalue weighted by Gasteiger charge is -2.38. The molecule has 0 unspecified atom stereocenters. The maximum Gasteiger partial charge on any atom is 0.411 e. The summed E-state index contributed by atoms with van der Waals surface area (Å²) in [5.41, 5.74) is 1.57. The number of nitrogens with zero attached hydrogens (tertiary/aromatic N) is 1. The number of hydrogen-bond acceptors (Lipinski definition) is 10. The predicted octanol–water partition coefficient (Wildman–Crippen LogP) is 4.33. The largest absolute Gasteiger partial charge is 0.493 e. The third-order valence-electron chi connectivity index (χ3n) is 8.92. The van der Waals surface area contributed by atoms with Crippen LogP contribution in [0.25, 0.3) is 0 Å². The Bertz CT molecular complexity index is 1820. The number of anilines is 2. The average Bonchev–Trinajstić information content (AvgIpc) is 3.72. The van der Waals surface area contributed by atoms with E-state index in [1.54, 1.807) is 50.1 Å². The zero-order valence-electron chi connectivity index (χ0n) is 27.3. The van der Waals surface area contributed by atoms with Gasteiger partial charge in [0.1, 0.15) is 11.6 Å². The Labute approximate surface area is 274 Å². The van der Waals surface area contributed by atoms with Crippen LogP contribution in [-0.2, 0) is 31.5 Å².